The molecule has 0 aromatic heterocycles. The van der Waals surface area contributed by atoms with Gasteiger partial charge in [-0.1, -0.05) is 56.4 Å². The molecular weight excluding hydrogens is 262 g/mol. The molecule has 2 aliphatic rings. The zero-order valence-corrected chi connectivity index (χ0v) is 12.6. The molecule has 3 heteroatoms. The van der Waals surface area contributed by atoms with E-state index in [0.29, 0.717) is 6.42 Å². The molecule has 2 aliphatic carbocycles. The van der Waals surface area contributed by atoms with Crippen molar-refractivity contribution < 1.29 is 9.90 Å². The molecule has 0 radical (unpaired) electrons. The molecule has 3 nitrogen and oxygen atoms in total. The van der Waals surface area contributed by atoms with Crippen molar-refractivity contribution in [3.05, 3.63) is 35.4 Å². The number of fused-ring (bicyclic) bond motifs is 1. The summed E-state index contributed by atoms with van der Waals surface area (Å²) in [6, 6.07) is 7.81. The number of benzene rings is 1. The van der Waals surface area contributed by atoms with Gasteiger partial charge in [0.25, 0.3) is 0 Å². The molecule has 0 bridgehead atoms. The van der Waals surface area contributed by atoms with Gasteiger partial charge in [-0.15, -0.1) is 0 Å². The van der Waals surface area contributed by atoms with Gasteiger partial charge >= 0.3 is 0 Å². The van der Waals surface area contributed by atoms with Gasteiger partial charge in [0.2, 0.25) is 5.91 Å². The molecule has 0 unspecified atom stereocenters. The second kappa shape index (κ2) is 6.61. The summed E-state index contributed by atoms with van der Waals surface area (Å²) in [6.45, 7) is 0. The Labute approximate surface area is 126 Å². The summed E-state index contributed by atoms with van der Waals surface area (Å²) in [4.78, 5) is 12.6. The molecule has 114 valence electrons. The summed E-state index contributed by atoms with van der Waals surface area (Å²) in [5.41, 5.74) is 2.25. The molecule has 1 aromatic rings. The van der Waals surface area contributed by atoms with Crippen molar-refractivity contribution in [1.82, 2.24) is 5.32 Å². The van der Waals surface area contributed by atoms with Crippen molar-refractivity contribution in [1.29, 1.82) is 0 Å². The number of aliphatic hydroxyl groups is 1. The van der Waals surface area contributed by atoms with Crippen LogP contribution in [0.2, 0.25) is 0 Å². The van der Waals surface area contributed by atoms with Crippen molar-refractivity contribution >= 4 is 5.91 Å². The van der Waals surface area contributed by atoms with E-state index in [0.717, 1.165) is 36.8 Å². The third-order valence-electron chi connectivity index (χ3n) is 4.98. The third kappa shape index (κ3) is 3.29. The van der Waals surface area contributed by atoms with Crippen LogP contribution >= 0.6 is 0 Å². The average Bonchev–Trinajstić information content (AvgIpc) is 2.75. The third-order valence-corrected chi connectivity index (χ3v) is 4.98. The Morgan fingerprint density at radius 2 is 1.71 bits per heavy atom. The zero-order chi connectivity index (χ0) is 14.7. The molecule has 1 saturated carbocycles. The number of carbonyl (C=O) groups is 1. The van der Waals surface area contributed by atoms with E-state index in [1.807, 2.05) is 24.3 Å². The van der Waals surface area contributed by atoms with E-state index < -0.39 is 6.10 Å². The lowest BCUT2D eigenvalue weighted by molar-refractivity contribution is -0.127. The molecule has 0 saturated heterocycles. The molecule has 3 rings (SSSR count). The standard InChI is InChI=1S/C18H25NO2/c20-16-12-14-10-6-7-11-15(14)17(16)19-18(21)13-8-4-2-1-3-5-9-13/h6-7,10-11,13,16-17,20H,1-5,8-9,12H2,(H,19,21)/t16-,17+/m1/s1. The predicted molar refractivity (Wildman–Crippen MR) is 82.8 cm³/mol. The SMILES string of the molecule is O=C(N[C@H]1c2ccccc2C[C@H]1O)C1CCCCCCC1. The fourth-order valence-electron chi connectivity index (χ4n) is 3.74. The van der Waals surface area contributed by atoms with Gasteiger partial charge in [0, 0.05) is 12.3 Å². The highest BCUT2D eigenvalue weighted by Crippen LogP contribution is 2.32. The Morgan fingerprint density at radius 3 is 2.48 bits per heavy atom. The Bertz CT molecular complexity index is 492. The van der Waals surface area contributed by atoms with Crippen LogP contribution in [0.1, 0.15) is 62.1 Å². The summed E-state index contributed by atoms with van der Waals surface area (Å²) in [5, 5.41) is 13.4. The van der Waals surface area contributed by atoms with Gasteiger partial charge in [-0.25, -0.2) is 0 Å². The molecule has 21 heavy (non-hydrogen) atoms. The van der Waals surface area contributed by atoms with E-state index in [4.69, 9.17) is 0 Å². The van der Waals surface area contributed by atoms with Gasteiger partial charge in [0.05, 0.1) is 12.1 Å². The number of rotatable bonds is 2. The van der Waals surface area contributed by atoms with Gasteiger partial charge in [-0.2, -0.15) is 0 Å². The lowest BCUT2D eigenvalue weighted by atomic mass is 9.90. The van der Waals surface area contributed by atoms with E-state index in [1.165, 1.54) is 19.3 Å². The highest BCUT2D eigenvalue weighted by atomic mass is 16.3. The molecule has 0 heterocycles. The predicted octanol–water partition coefficient (Wildman–Crippen LogP) is 3.12. The first-order valence-electron chi connectivity index (χ1n) is 8.32. The second-order valence-corrected chi connectivity index (χ2v) is 6.50. The summed E-state index contributed by atoms with van der Waals surface area (Å²) in [5.74, 6) is 0.267. The highest BCUT2D eigenvalue weighted by Gasteiger charge is 2.33. The van der Waals surface area contributed by atoms with Gasteiger partial charge < -0.3 is 10.4 Å². The van der Waals surface area contributed by atoms with Gasteiger partial charge in [0.1, 0.15) is 0 Å². The fraction of sp³-hybridized carbons (Fsp3) is 0.611. The minimum absolute atomic E-state index is 0.130. The quantitative estimate of drug-likeness (QED) is 0.878. The van der Waals surface area contributed by atoms with E-state index in [2.05, 4.69) is 5.32 Å². The number of hydrogen-bond acceptors (Lipinski definition) is 2. The maximum absolute atomic E-state index is 12.6. The van der Waals surface area contributed by atoms with Crippen molar-refractivity contribution in [3.63, 3.8) is 0 Å². The number of hydrogen-bond donors (Lipinski definition) is 2. The van der Waals surface area contributed by atoms with Gasteiger partial charge in [-0.05, 0) is 24.0 Å². The largest absolute Gasteiger partial charge is 0.390 e. The molecule has 2 N–H and O–H groups in total. The average molecular weight is 287 g/mol. The minimum atomic E-state index is -0.486. The molecular formula is C18H25NO2. The summed E-state index contributed by atoms with van der Waals surface area (Å²) >= 11 is 0. The molecule has 1 fully saturated rings. The molecule has 0 spiro atoms. The first-order chi connectivity index (χ1) is 10.3. The smallest absolute Gasteiger partial charge is 0.223 e. The van der Waals surface area contributed by atoms with Crippen LogP contribution in [0, 0.1) is 5.92 Å². The normalized spacial score (nSPS) is 26.7. The van der Waals surface area contributed by atoms with E-state index in [9.17, 15) is 9.90 Å². The molecule has 0 aliphatic heterocycles. The van der Waals surface area contributed by atoms with Crippen molar-refractivity contribution in [2.24, 2.45) is 5.92 Å². The van der Waals surface area contributed by atoms with E-state index in [1.54, 1.807) is 0 Å². The van der Waals surface area contributed by atoms with Crippen LogP contribution in [-0.4, -0.2) is 17.1 Å². The van der Waals surface area contributed by atoms with Crippen LogP contribution < -0.4 is 5.32 Å². The van der Waals surface area contributed by atoms with Crippen LogP contribution in [-0.2, 0) is 11.2 Å². The highest BCUT2D eigenvalue weighted by molar-refractivity contribution is 5.79. The Hall–Kier alpha value is -1.35. The lowest BCUT2D eigenvalue weighted by Gasteiger charge is -2.23. The molecule has 1 amide bonds. The van der Waals surface area contributed by atoms with Crippen molar-refractivity contribution in [2.75, 3.05) is 0 Å². The Balaban J connectivity index is 1.66. The molecule has 2 atom stereocenters. The van der Waals surface area contributed by atoms with E-state index >= 15 is 0 Å². The van der Waals surface area contributed by atoms with Crippen LogP contribution in [0.5, 0.6) is 0 Å². The number of carbonyl (C=O) groups excluding carboxylic acids is 1. The van der Waals surface area contributed by atoms with Crippen LogP contribution in [0.25, 0.3) is 0 Å². The topological polar surface area (TPSA) is 49.3 Å². The van der Waals surface area contributed by atoms with Crippen LogP contribution in [0.4, 0.5) is 0 Å². The lowest BCUT2D eigenvalue weighted by Crippen LogP contribution is -2.38. The number of nitrogens with one attached hydrogen (secondary N) is 1. The van der Waals surface area contributed by atoms with Crippen molar-refractivity contribution in [3.8, 4) is 0 Å². The van der Waals surface area contributed by atoms with Crippen molar-refractivity contribution in [2.45, 2.75) is 63.5 Å². The number of aliphatic hydroxyl groups excluding tert-OH is 1. The van der Waals surface area contributed by atoms with E-state index in [-0.39, 0.29) is 17.9 Å². The first-order valence-corrected chi connectivity index (χ1v) is 8.32. The summed E-state index contributed by atoms with van der Waals surface area (Å²) in [7, 11) is 0. The molecule has 1 aromatic carbocycles. The Kier molecular flexibility index (Phi) is 4.59. The van der Waals surface area contributed by atoms with Gasteiger partial charge in [0.15, 0.2) is 0 Å². The number of amides is 1. The summed E-state index contributed by atoms with van der Waals surface area (Å²) < 4.78 is 0. The van der Waals surface area contributed by atoms with Crippen LogP contribution in [0.15, 0.2) is 24.3 Å². The Morgan fingerprint density at radius 1 is 1.05 bits per heavy atom. The van der Waals surface area contributed by atoms with Gasteiger partial charge in [-0.3, -0.25) is 4.79 Å². The summed E-state index contributed by atoms with van der Waals surface area (Å²) in [6.07, 6.45) is 8.27. The first kappa shape index (κ1) is 14.6. The second-order valence-electron chi connectivity index (χ2n) is 6.50. The maximum atomic E-state index is 12.6. The monoisotopic (exact) mass is 287 g/mol. The van der Waals surface area contributed by atoms with Crippen LogP contribution in [0.3, 0.4) is 0 Å². The fourth-order valence-corrected chi connectivity index (χ4v) is 3.74. The minimum Gasteiger partial charge on any atom is -0.390 e. The zero-order valence-electron chi connectivity index (χ0n) is 12.6. The maximum Gasteiger partial charge on any atom is 0.223 e.